The standard InChI is InChI=1S/C22H24Si/c1-16-4-10-19(11-5-16)22(23,20-12-6-17(2)7-13-20)21-14-8-18(3)9-15-21/h4-15H,1-3,23H3. The molecule has 0 radical (unpaired) electrons. The van der Waals surface area contributed by atoms with E-state index in [1.807, 2.05) is 0 Å². The molecule has 0 heterocycles. The van der Waals surface area contributed by atoms with Crippen molar-refractivity contribution in [2.24, 2.45) is 0 Å². The van der Waals surface area contributed by atoms with Crippen molar-refractivity contribution < 1.29 is 0 Å². The fourth-order valence-corrected chi connectivity index (χ4v) is 4.16. The van der Waals surface area contributed by atoms with Crippen LogP contribution < -0.4 is 0 Å². The second-order valence-corrected chi connectivity index (χ2v) is 8.22. The van der Waals surface area contributed by atoms with Crippen LogP contribution in [-0.2, 0) is 5.04 Å². The topological polar surface area (TPSA) is 0 Å². The zero-order chi connectivity index (χ0) is 16.4. The Hall–Kier alpha value is -2.12. The first-order chi connectivity index (χ1) is 11.0. The molecule has 0 unspecified atom stereocenters. The van der Waals surface area contributed by atoms with E-state index in [0.29, 0.717) is 0 Å². The Morgan fingerprint density at radius 2 is 0.696 bits per heavy atom. The highest BCUT2D eigenvalue weighted by molar-refractivity contribution is 6.20. The monoisotopic (exact) mass is 316 g/mol. The number of aryl methyl sites for hydroxylation is 3. The van der Waals surface area contributed by atoms with Gasteiger partial charge in [0, 0.05) is 15.3 Å². The molecular weight excluding hydrogens is 292 g/mol. The second kappa shape index (κ2) is 6.17. The van der Waals surface area contributed by atoms with Crippen LogP contribution >= 0.6 is 0 Å². The smallest absolute Gasteiger partial charge is 0.0282 e. The van der Waals surface area contributed by atoms with E-state index in [4.69, 9.17) is 0 Å². The predicted octanol–water partition coefficient (Wildman–Crippen LogP) is 4.27. The van der Waals surface area contributed by atoms with Gasteiger partial charge in [0.2, 0.25) is 0 Å². The SMILES string of the molecule is Cc1ccc(C([SiH3])(c2ccc(C)cc2)c2ccc(C)cc2)cc1. The maximum Gasteiger partial charge on any atom is 0.0282 e. The van der Waals surface area contributed by atoms with Gasteiger partial charge in [0.15, 0.2) is 0 Å². The molecule has 0 N–H and O–H groups in total. The molecule has 0 saturated carbocycles. The minimum Gasteiger partial charge on any atom is -0.0590 e. The van der Waals surface area contributed by atoms with Crippen molar-refractivity contribution in [1.82, 2.24) is 0 Å². The average molecular weight is 317 g/mol. The molecule has 0 aliphatic carbocycles. The summed E-state index contributed by atoms with van der Waals surface area (Å²) in [6.07, 6.45) is 0. The largest absolute Gasteiger partial charge is 0.0590 e. The summed E-state index contributed by atoms with van der Waals surface area (Å²) in [5.74, 6) is 0. The van der Waals surface area contributed by atoms with Crippen LogP contribution in [0.25, 0.3) is 0 Å². The van der Waals surface area contributed by atoms with Gasteiger partial charge in [0.1, 0.15) is 0 Å². The van der Waals surface area contributed by atoms with Crippen molar-refractivity contribution in [2.75, 3.05) is 0 Å². The Morgan fingerprint density at radius 3 is 0.913 bits per heavy atom. The summed E-state index contributed by atoms with van der Waals surface area (Å²) in [5, 5.41) is -0.00486. The predicted molar refractivity (Wildman–Crippen MR) is 103 cm³/mol. The molecule has 3 aromatic rings. The molecule has 0 fully saturated rings. The van der Waals surface area contributed by atoms with Gasteiger partial charge in [-0.25, -0.2) is 0 Å². The Bertz CT molecular complexity index is 670. The Morgan fingerprint density at radius 1 is 0.478 bits per heavy atom. The highest BCUT2D eigenvalue weighted by Crippen LogP contribution is 2.36. The van der Waals surface area contributed by atoms with Crippen molar-refractivity contribution in [3.63, 3.8) is 0 Å². The third-order valence-electron chi connectivity index (χ3n) is 4.89. The fourth-order valence-electron chi connectivity index (χ4n) is 3.16. The molecule has 23 heavy (non-hydrogen) atoms. The molecule has 116 valence electrons. The lowest BCUT2D eigenvalue weighted by atomic mass is 9.83. The number of hydrogen-bond donors (Lipinski definition) is 0. The van der Waals surface area contributed by atoms with Crippen LogP contribution in [0.4, 0.5) is 0 Å². The molecule has 0 spiro atoms. The van der Waals surface area contributed by atoms with Crippen molar-refractivity contribution in [3.8, 4) is 0 Å². The third kappa shape index (κ3) is 3.02. The zero-order valence-corrected chi connectivity index (χ0v) is 16.4. The molecule has 0 atom stereocenters. The van der Waals surface area contributed by atoms with Gasteiger partial charge in [-0.3, -0.25) is 0 Å². The normalized spacial score (nSPS) is 11.6. The lowest BCUT2D eigenvalue weighted by molar-refractivity contribution is 0.875. The zero-order valence-electron chi connectivity index (χ0n) is 14.4. The summed E-state index contributed by atoms with van der Waals surface area (Å²) in [4.78, 5) is 0. The van der Waals surface area contributed by atoms with Crippen LogP contribution in [0.5, 0.6) is 0 Å². The number of benzene rings is 3. The van der Waals surface area contributed by atoms with Gasteiger partial charge in [-0.1, -0.05) is 89.5 Å². The molecule has 0 aliphatic rings. The molecule has 0 aliphatic heterocycles. The minimum atomic E-state index is -0.00486. The Kier molecular flexibility index (Phi) is 4.23. The van der Waals surface area contributed by atoms with Crippen LogP contribution in [0.2, 0.25) is 0 Å². The first-order valence-corrected chi connectivity index (χ1v) is 9.21. The molecule has 0 nitrogen and oxygen atoms in total. The molecule has 0 aromatic heterocycles. The molecule has 1 heteroatoms. The lowest BCUT2D eigenvalue weighted by Crippen LogP contribution is -2.29. The average Bonchev–Trinajstić information content (AvgIpc) is 2.56. The highest BCUT2D eigenvalue weighted by Gasteiger charge is 2.30. The van der Waals surface area contributed by atoms with Gasteiger partial charge in [-0.15, -0.1) is 0 Å². The van der Waals surface area contributed by atoms with Gasteiger partial charge in [-0.2, -0.15) is 0 Å². The molecule has 0 amide bonds. The summed E-state index contributed by atoms with van der Waals surface area (Å²) in [6.45, 7) is 6.45. The number of rotatable bonds is 3. The molecule has 0 bridgehead atoms. The molecule has 3 aromatic carbocycles. The van der Waals surface area contributed by atoms with Gasteiger partial charge < -0.3 is 0 Å². The van der Waals surface area contributed by atoms with E-state index < -0.39 is 0 Å². The summed E-state index contributed by atoms with van der Waals surface area (Å²) in [6, 6.07) is 27.1. The first-order valence-electron chi connectivity index (χ1n) is 8.21. The Labute approximate surface area is 142 Å². The van der Waals surface area contributed by atoms with Gasteiger partial charge in [0.05, 0.1) is 0 Å². The minimum absolute atomic E-state index is 0.00486. The van der Waals surface area contributed by atoms with E-state index in [2.05, 4.69) is 93.6 Å². The van der Waals surface area contributed by atoms with Crippen molar-refractivity contribution >= 4 is 10.2 Å². The van der Waals surface area contributed by atoms with Crippen LogP contribution in [-0.4, -0.2) is 10.2 Å². The van der Waals surface area contributed by atoms with Gasteiger partial charge in [0.25, 0.3) is 0 Å². The second-order valence-electron chi connectivity index (χ2n) is 6.72. The van der Waals surface area contributed by atoms with E-state index in [0.717, 1.165) is 10.2 Å². The maximum absolute atomic E-state index is 2.29. The van der Waals surface area contributed by atoms with E-state index in [1.165, 1.54) is 33.4 Å². The summed E-state index contributed by atoms with van der Waals surface area (Å²) >= 11 is 0. The fraction of sp³-hybridized carbons (Fsp3) is 0.182. The van der Waals surface area contributed by atoms with E-state index in [1.54, 1.807) is 0 Å². The van der Waals surface area contributed by atoms with Crippen LogP contribution in [0, 0.1) is 20.8 Å². The van der Waals surface area contributed by atoms with Crippen molar-refractivity contribution in [1.29, 1.82) is 0 Å². The third-order valence-corrected chi connectivity index (χ3v) is 6.62. The van der Waals surface area contributed by atoms with Crippen molar-refractivity contribution in [2.45, 2.75) is 25.8 Å². The summed E-state index contributed by atoms with van der Waals surface area (Å²) < 4.78 is 0. The number of hydrogen-bond acceptors (Lipinski definition) is 0. The maximum atomic E-state index is 2.29. The lowest BCUT2D eigenvalue weighted by Gasteiger charge is -2.32. The van der Waals surface area contributed by atoms with Crippen LogP contribution in [0.3, 0.4) is 0 Å². The quantitative estimate of drug-likeness (QED) is 0.500. The molecule has 3 rings (SSSR count). The summed E-state index contributed by atoms with van der Waals surface area (Å²) in [7, 11) is 1.02. The first kappa shape index (κ1) is 15.8. The van der Waals surface area contributed by atoms with E-state index in [9.17, 15) is 0 Å². The van der Waals surface area contributed by atoms with Gasteiger partial charge in [-0.05, 0) is 37.5 Å². The van der Waals surface area contributed by atoms with E-state index >= 15 is 0 Å². The van der Waals surface area contributed by atoms with Crippen LogP contribution in [0.1, 0.15) is 33.4 Å². The summed E-state index contributed by atoms with van der Waals surface area (Å²) in [5.41, 5.74) is 8.11. The molecular formula is C22H24Si. The van der Waals surface area contributed by atoms with E-state index in [-0.39, 0.29) is 5.04 Å². The molecule has 0 saturated heterocycles. The van der Waals surface area contributed by atoms with Crippen LogP contribution in [0.15, 0.2) is 72.8 Å². The highest BCUT2D eigenvalue weighted by atomic mass is 28.1. The van der Waals surface area contributed by atoms with Crippen molar-refractivity contribution in [3.05, 3.63) is 106 Å². The van der Waals surface area contributed by atoms with Gasteiger partial charge >= 0.3 is 0 Å². The Balaban J connectivity index is 2.21.